The standard InChI is InChI=1S/C11H14N2O6S/c1-2-7-4-3-5-12-9(7)10(14)13-8(11(15)16)6-20(17,18)19/h3-5,8H,2,6H2,1H3,(H,13,14)(H,15,16)(H,17,18,19)/t8-/m0/s1. The molecule has 0 unspecified atom stereocenters. The summed E-state index contributed by atoms with van der Waals surface area (Å²) in [5, 5.41) is 10.9. The van der Waals surface area contributed by atoms with Crippen LogP contribution in [0, 0.1) is 0 Å². The number of carbonyl (C=O) groups excluding carboxylic acids is 1. The maximum Gasteiger partial charge on any atom is 0.327 e. The number of aliphatic carboxylic acids is 1. The molecule has 1 heterocycles. The molecule has 1 aromatic heterocycles. The fourth-order valence-electron chi connectivity index (χ4n) is 1.54. The first-order valence-corrected chi connectivity index (χ1v) is 7.28. The zero-order chi connectivity index (χ0) is 15.3. The van der Waals surface area contributed by atoms with Crippen molar-refractivity contribution in [2.75, 3.05) is 5.75 Å². The lowest BCUT2D eigenvalue weighted by Crippen LogP contribution is -2.45. The summed E-state index contributed by atoms with van der Waals surface area (Å²) in [6.07, 6.45) is 1.87. The number of amides is 1. The molecule has 0 aliphatic heterocycles. The van der Waals surface area contributed by atoms with Gasteiger partial charge in [0.2, 0.25) is 0 Å². The number of pyridine rings is 1. The van der Waals surface area contributed by atoms with Gasteiger partial charge in [0.25, 0.3) is 16.0 Å². The van der Waals surface area contributed by atoms with Gasteiger partial charge in [0.1, 0.15) is 17.5 Å². The van der Waals surface area contributed by atoms with Crippen LogP contribution < -0.4 is 5.32 Å². The molecular weight excluding hydrogens is 288 g/mol. The van der Waals surface area contributed by atoms with Crippen LogP contribution in [0.4, 0.5) is 0 Å². The first kappa shape index (κ1) is 16.1. The van der Waals surface area contributed by atoms with E-state index in [-0.39, 0.29) is 5.69 Å². The molecular formula is C11H14N2O6S. The van der Waals surface area contributed by atoms with Gasteiger partial charge < -0.3 is 10.4 Å². The van der Waals surface area contributed by atoms with Gasteiger partial charge in [0, 0.05) is 6.20 Å². The Labute approximate surface area is 115 Å². The largest absolute Gasteiger partial charge is 0.480 e. The highest BCUT2D eigenvalue weighted by atomic mass is 32.2. The monoisotopic (exact) mass is 302 g/mol. The van der Waals surface area contributed by atoms with Gasteiger partial charge in [-0.2, -0.15) is 8.42 Å². The van der Waals surface area contributed by atoms with E-state index in [9.17, 15) is 18.0 Å². The van der Waals surface area contributed by atoms with Gasteiger partial charge in [0.15, 0.2) is 0 Å². The second-order valence-electron chi connectivity index (χ2n) is 3.98. The maximum atomic E-state index is 11.9. The number of hydrogen-bond acceptors (Lipinski definition) is 5. The van der Waals surface area contributed by atoms with Crippen LogP contribution in [0.25, 0.3) is 0 Å². The third-order valence-corrected chi connectivity index (χ3v) is 3.22. The molecule has 0 aromatic carbocycles. The van der Waals surface area contributed by atoms with Crippen molar-refractivity contribution in [2.45, 2.75) is 19.4 Å². The summed E-state index contributed by atoms with van der Waals surface area (Å²) in [6, 6.07) is 1.53. The normalized spacial score (nSPS) is 12.7. The van der Waals surface area contributed by atoms with Crippen LogP contribution in [-0.2, 0) is 21.3 Å². The van der Waals surface area contributed by atoms with Crippen LogP contribution in [0.3, 0.4) is 0 Å². The molecule has 110 valence electrons. The summed E-state index contributed by atoms with van der Waals surface area (Å²) >= 11 is 0. The molecule has 0 fully saturated rings. The summed E-state index contributed by atoms with van der Waals surface area (Å²) < 4.78 is 30.1. The average molecular weight is 302 g/mol. The summed E-state index contributed by atoms with van der Waals surface area (Å²) in [5.41, 5.74) is 0.623. The molecule has 0 radical (unpaired) electrons. The van der Waals surface area contributed by atoms with Crippen LogP contribution in [0.5, 0.6) is 0 Å². The molecule has 0 saturated carbocycles. The van der Waals surface area contributed by atoms with E-state index in [4.69, 9.17) is 9.66 Å². The van der Waals surface area contributed by atoms with Crippen molar-refractivity contribution in [1.29, 1.82) is 0 Å². The summed E-state index contributed by atoms with van der Waals surface area (Å²) in [4.78, 5) is 26.6. The summed E-state index contributed by atoms with van der Waals surface area (Å²) in [5.74, 6) is -3.48. The molecule has 0 saturated heterocycles. The fraction of sp³-hybridized carbons (Fsp3) is 0.364. The first-order valence-electron chi connectivity index (χ1n) is 5.67. The highest BCUT2D eigenvalue weighted by molar-refractivity contribution is 7.85. The minimum Gasteiger partial charge on any atom is -0.480 e. The Morgan fingerprint density at radius 2 is 2.10 bits per heavy atom. The number of aromatic nitrogens is 1. The van der Waals surface area contributed by atoms with Crippen molar-refractivity contribution in [1.82, 2.24) is 10.3 Å². The molecule has 20 heavy (non-hydrogen) atoms. The molecule has 0 bridgehead atoms. The molecule has 0 spiro atoms. The van der Waals surface area contributed by atoms with Crippen LogP contribution in [-0.4, -0.2) is 46.7 Å². The van der Waals surface area contributed by atoms with Gasteiger partial charge in [-0.15, -0.1) is 0 Å². The van der Waals surface area contributed by atoms with Crippen molar-refractivity contribution in [3.05, 3.63) is 29.6 Å². The van der Waals surface area contributed by atoms with Gasteiger partial charge in [-0.1, -0.05) is 13.0 Å². The summed E-state index contributed by atoms with van der Waals surface area (Å²) in [7, 11) is -4.53. The van der Waals surface area contributed by atoms with Crippen LogP contribution in [0.15, 0.2) is 18.3 Å². The third kappa shape index (κ3) is 4.59. The van der Waals surface area contributed by atoms with E-state index in [1.54, 1.807) is 19.1 Å². The molecule has 0 aliphatic rings. The van der Waals surface area contributed by atoms with E-state index < -0.39 is 33.8 Å². The number of aryl methyl sites for hydroxylation is 1. The molecule has 1 aromatic rings. The van der Waals surface area contributed by atoms with E-state index in [0.29, 0.717) is 12.0 Å². The molecule has 9 heteroatoms. The summed E-state index contributed by atoms with van der Waals surface area (Å²) in [6.45, 7) is 1.79. The lowest BCUT2D eigenvalue weighted by atomic mass is 10.1. The number of carboxylic acid groups (broad SMARTS) is 1. The molecule has 1 atom stereocenters. The van der Waals surface area contributed by atoms with Crippen molar-refractivity contribution in [3.8, 4) is 0 Å². The Morgan fingerprint density at radius 3 is 2.60 bits per heavy atom. The molecule has 3 N–H and O–H groups in total. The first-order chi connectivity index (χ1) is 9.24. The Balaban J connectivity index is 2.94. The van der Waals surface area contributed by atoms with E-state index in [2.05, 4.69) is 4.98 Å². The lowest BCUT2D eigenvalue weighted by Gasteiger charge is -2.13. The van der Waals surface area contributed by atoms with Gasteiger partial charge >= 0.3 is 5.97 Å². The number of carboxylic acids is 1. The second kappa shape index (κ2) is 6.44. The van der Waals surface area contributed by atoms with Gasteiger partial charge in [-0.3, -0.25) is 14.3 Å². The van der Waals surface area contributed by atoms with Crippen molar-refractivity contribution in [2.24, 2.45) is 0 Å². The van der Waals surface area contributed by atoms with Crippen molar-refractivity contribution < 1.29 is 27.7 Å². The maximum absolute atomic E-state index is 11.9. The van der Waals surface area contributed by atoms with Crippen molar-refractivity contribution in [3.63, 3.8) is 0 Å². The van der Waals surface area contributed by atoms with E-state index >= 15 is 0 Å². The number of rotatable bonds is 6. The van der Waals surface area contributed by atoms with E-state index in [1.165, 1.54) is 6.20 Å². The minimum atomic E-state index is -4.53. The van der Waals surface area contributed by atoms with Crippen molar-refractivity contribution >= 4 is 22.0 Å². The topological polar surface area (TPSA) is 134 Å². The van der Waals surface area contributed by atoms with Crippen LogP contribution in [0.1, 0.15) is 23.0 Å². The van der Waals surface area contributed by atoms with Gasteiger partial charge in [-0.25, -0.2) is 4.79 Å². The molecule has 0 aliphatic carbocycles. The number of carbonyl (C=O) groups is 2. The van der Waals surface area contributed by atoms with E-state index in [0.717, 1.165) is 0 Å². The number of hydrogen-bond donors (Lipinski definition) is 3. The SMILES string of the molecule is CCc1cccnc1C(=O)N[C@@H](CS(=O)(=O)O)C(=O)O. The van der Waals surface area contributed by atoms with Gasteiger partial charge in [-0.05, 0) is 18.1 Å². The van der Waals surface area contributed by atoms with Crippen LogP contribution in [0.2, 0.25) is 0 Å². The fourth-order valence-corrected chi connectivity index (χ4v) is 2.19. The highest BCUT2D eigenvalue weighted by Gasteiger charge is 2.27. The average Bonchev–Trinajstić information content (AvgIpc) is 2.36. The molecule has 1 rings (SSSR count). The third-order valence-electron chi connectivity index (χ3n) is 2.47. The van der Waals surface area contributed by atoms with Gasteiger partial charge in [0.05, 0.1) is 0 Å². The second-order valence-corrected chi connectivity index (χ2v) is 5.47. The van der Waals surface area contributed by atoms with Crippen LogP contribution >= 0.6 is 0 Å². The Kier molecular flexibility index (Phi) is 5.17. The Hall–Kier alpha value is -2.00. The highest BCUT2D eigenvalue weighted by Crippen LogP contribution is 2.06. The minimum absolute atomic E-state index is 0.0246. The number of nitrogens with one attached hydrogen (secondary N) is 1. The quantitative estimate of drug-likeness (QED) is 0.615. The predicted molar refractivity (Wildman–Crippen MR) is 68.9 cm³/mol. The molecule has 8 nitrogen and oxygen atoms in total. The number of nitrogens with zero attached hydrogens (tertiary/aromatic N) is 1. The lowest BCUT2D eigenvalue weighted by molar-refractivity contribution is -0.138. The zero-order valence-corrected chi connectivity index (χ0v) is 11.4. The molecule has 1 amide bonds. The van der Waals surface area contributed by atoms with E-state index in [1.807, 2.05) is 5.32 Å². The zero-order valence-electron chi connectivity index (χ0n) is 10.6. The Bertz CT molecular complexity index is 613. The predicted octanol–water partition coefficient (Wildman–Crippen LogP) is -0.285. The Morgan fingerprint density at radius 1 is 1.45 bits per heavy atom. The smallest absolute Gasteiger partial charge is 0.327 e.